The van der Waals surface area contributed by atoms with E-state index in [0.717, 1.165) is 22.7 Å². The maximum Gasteiger partial charge on any atom is 0.239 e. The summed E-state index contributed by atoms with van der Waals surface area (Å²) >= 11 is 5.84. The van der Waals surface area contributed by atoms with Crippen molar-refractivity contribution in [3.8, 4) is 0 Å². The number of rotatable bonds is 6. The lowest BCUT2D eigenvalue weighted by Gasteiger charge is -2.09. The van der Waals surface area contributed by atoms with Crippen molar-refractivity contribution in [1.29, 1.82) is 0 Å². The molecule has 0 fully saturated rings. The van der Waals surface area contributed by atoms with E-state index in [1.54, 1.807) is 0 Å². The third kappa shape index (κ3) is 5.08. The van der Waals surface area contributed by atoms with Gasteiger partial charge in [-0.15, -0.1) is 0 Å². The highest BCUT2D eigenvalue weighted by atomic mass is 35.5. The molecule has 0 saturated carbocycles. The summed E-state index contributed by atoms with van der Waals surface area (Å²) in [6.07, 6.45) is 0.798. The second-order valence-corrected chi connectivity index (χ2v) is 5.82. The number of nitrogens with one attached hydrogen (secondary N) is 2. The molecule has 22 heavy (non-hydrogen) atoms. The van der Waals surface area contributed by atoms with Crippen LogP contribution in [0.25, 0.3) is 0 Å². The van der Waals surface area contributed by atoms with Crippen molar-refractivity contribution < 1.29 is 4.79 Å². The van der Waals surface area contributed by atoms with Gasteiger partial charge in [-0.1, -0.05) is 29.8 Å². The van der Waals surface area contributed by atoms with Crippen LogP contribution in [0.1, 0.15) is 16.7 Å². The first-order valence-electron chi connectivity index (χ1n) is 7.37. The molecule has 116 valence electrons. The van der Waals surface area contributed by atoms with E-state index in [9.17, 15) is 4.79 Å². The summed E-state index contributed by atoms with van der Waals surface area (Å²) in [6, 6.07) is 13.8. The van der Waals surface area contributed by atoms with Crippen LogP contribution in [-0.2, 0) is 11.2 Å². The summed E-state index contributed by atoms with van der Waals surface area (Å²) in [7, 11) is 0. The summed E-state index contributed by atoms with van der Waals surface area (Å²) < 4.78 is 0. The zero-order chi connectivity index (χ0) is 15.9. The molecule has 0 unspecified atom stereocenters. The lowest BCUT2D eigenvalue weighted by Crippen LogP contribution is -2.31. The maximum absolute atomic E-state index is 11.8. The first-order chi connectivity index (χ1) is 10.5. The highest BCUT2D eigenvalue weighted by molar-refractivity contribution is 6.30. The fourth-order valence-electron chi connectivity index (χ4n) is 2.09. The molecule has 0 aliphatic rings. The minimum Gasteiger partial charge on any atom is -0.376 e. The van der Waals surface area contributed by atoms with E-state index < -0.39 is 0 Å². The summed E-state index contributed by atoms with van der Waals surface area (Å²) in [4.78, 5) is 11.8. The van der Waals surface area contributed by atoms with Crippen LogP contribution >= 0.6 is 11.6 Å². The minimum atomic E-state index is -0.00723. The molecular formula is C18H21ClN2O. The number of halogens is 1. The van der Waals surface area contributed by atoms with Crippen LogP contribution in [0.15, 0.2) is 42.5 Å². The highest BCUT2D eigenvalue weighted by Gasteiger charge is 2.02. The summed E-state index contributed by atoms with van der Waals surface area (Å²) in [5.74, 6) is -0.00723. The Kier molecular flexibility index (Phi) is 5.84. The van der Waals surface area contributed by atoms with Gasteiger partial charge in [0.2, 0.25) is 5.91 Å². The minimum absolute atomic E-state index is 0.00723. The Balaban J connectivity index is 1.71. The first kappa shape index (κ1) is 16.4. The summed E-state index contributed by atoms with van der Waals surface area (Å²) in [6.45, 7) is 5.04. The predicted octanol–water partition coefficient (Wildman–Crippen LogP) is 3.73. The van der Waals surface area contributed by atoms with Gasteiger partial charge in [-0.25, -0.2) is 0 Å². The Morgan fingerprint density at radius 3 is 2.45 bits per heavy atom. The summed E-state index contributed by atoms with van der Waals surface area (Å²) in [5.41, 5.74) is 4.59. The lowest BCUT2D eigenvalue weighted by molar-refractivity contribution is -0.119. The van der Waals surface area contributed by atoms with Crippen molar-refractivity contribution in [1.82, 2.24) is 5.32 Å². The molecule has 0 radical (unpaired) electrons. The third-order valence-corrected chi connectivity index (χ3v) is 3.86. The van der Waals surface area contributed by atoms with E-state index >= 15 is 0 Å². The zero-order valence-electron chi connectivity index (χ0n) is 12.9. The number of anilines is 1. The van der Waals surface area contributed by atoms with Crippen molar-refractivity contribution in [3.05, 3.63) is 64.2 Å². The van der Waals surface area contributed by atoms with E-state index in [-0.39, 0.29) is 12.5 Å². The monoisotopic (exact) mass is 316 g/mol. The second kappa shape index (κ2) is 7.85. The van der Waals surface area contributed by atoms with Gasteiger partial charge in [0.25, 0.3) is 0 Å². The number of aryl methyl sites for hydroxylation is 2. The zero-order valence-corrected chi connectivity index (χ0v) is 13.7. The third-order valence-electron chi connectivity index (χ3n) is 3.61. The molecule has 2 rings (SSSR count). The Bertz CT molecular complexity index is 638. The number of amides is 1. The normalized spacial score (nSPS) is 10.3. The van der Waals surface area contributed by atoms with Crippen LogP contribution in [0.2, 0.25) is 5.02 Å². The van der Waals surface area contributed by atoms with E-state index in [0.29, 0.717) is 6.54 Å². The number of benzene rings is 2. The van der Waals surface area contributed by atoms with E-state index in [1.165, 1.54) is 11.1 Å². The molecule has 0 bridgehead atoms. The van der Waals surface area contributed by atoms with Gasteiger partial charge in [-0.3, -0.25) is 4.79 Å². The second-order valence-electron chi connectivity index (χ2n) is 5.38. The first-order valence-corrected chi connectivity index (χ1v) is 7.74. The molecule has 3 nitrogen and oxygen atoms in total. The quantitative estimate of drug-likeness (QED) is 0.852. The molecule has 0 spiro atoms. The van der Waals surface area contributed by atoms with Crippen molar-refractivity contribution in [2.45, 2.75) is 20.3 Å². The van der Waals surface area contributed by atoms with Crippen molar-refractivity contribution in [2.75, 3.05) is 18.4 Å². The predicted molar refractivity (Wildman–Crippen MR) is 92.6 cm³/mol. The molecule has 2 N–H and O–H groups in total. The number of carbonyl (C=O) groups is 1. The van der Waals surface area contributed by atoms with E-state index in [2.05, 4.69) is 36.6 Å². The average Bonchev–Trinajstić information content (AvgIpc) is 2.50. The topological polar surface area (TPSA) is 41.1 Å². The number of hydrogen-bond acceptors (Lipinski definition) is 2. The standard InChI is InChI=1S/C18H21ClN2O/c1-13-3-8-17(11-14(13)2)21-12-18(22)20-10-9-15-4-6-16(19)7-5-15/h3-8,11,21H,9-10,12H2,1-2H3,(H,20,22). The molecule has 0 aliphatic carbocycles. The average molecular weight is 317 g/mol. The van der Waals surface area contributed by atoms with Gasteiger partial charge in [-0.05, 0) is 61.2 Å². The Morgan fingerprint density at radius 2 is 1.77 bits per heavy atom. The number of carbonyl (C=O) groups excluding carboxylic acids is 1. The van der Waals surface area contributed by atoms with Crippen LogP contribution in [0.5, 0.6) is 0 Å². The Morgan fingerprint density at radius 1 is 1.05 bits per heavy atom. The fourth-order valence-corrected chi connectivity index (χ4v) is 2.22. The molecule has 0 saturated heterocycles. The SMILES string of the molecule is Cc1ccc(NCC(=O)NCCc2ccc(Cl)cc2)cc1C. The van der Waals surface area contributed by atoms with Crippen LogP contribution < -0.4 is 10.6 Å². The van der Waals surface area contributed by atoms with Gasteiger partial charge in [0, 0.05) is 17.3 Å². The van der Waals surface area contributed by atoms with Crippen LogP contribution in [0, 0.1) is 13.8 Å². The lowest BCUT2D eigenvalue weighted by atomic mass is 10.1. The Labute approximate surface area is 136 Å². The molecule has 4 heteroatoms. The van der Waals surface area contributed by atoms with Crippen LogP contribution in [0.3, 0.4) is 0 Å². The smallest absolute Gasteiger partial charge is 0.239 e. The summed E-state index contributed by atoms with van der Waals surface area (Å²) in [5, 5.41) is 6.77. The molecule has 0 aliphatic heterocycles. The van der Waals surface area contributed by atoms with Gasteiger partial charge in [0.15, 0.2) is 0 Å². The van der Waals surface area contributed by atoms with Gasteiger partial charge in [-0.2, -0.15) is 0 Å². The van der Waals surface area contributed by atoms with Crippen molar-refractivity contribution in [2.24, 2.45) is 0 Å². The molecule has 0 atom stereocenters. The van der Waals surface area contributed by atoms with Gasteiger partial charge in [0.05, 0.1) is 6.54 Å². The van der Waals surface area contributed by atoms with Crippen molar-refractivity contribution in [3.63, 3.8) is 0 Å². The van der Waals surface area contributed by atoms with E-state index in [1.807, 2.05) is 30.3 Å². The fraction of sp³-hybridized carbons (Fsp3) is 0.278. The van der Waals surface area contributed by atoms with Gasteiger partial charge < -0.3 is 10.6 Å². The van der Waals surface area contributed by atoms with Crippen LogP contribution in [0.4, 0.5) is 5.69 Å². The van der Waals surface area contributed by atoms with Gasteiger partial charge in [0.1, 0.15) is 0 Å². The van der Waals surface area contributed by atoms with Crippen LogP contribution in [-0.4, -0.2) is 19.0 Å². The largest absolute Gasteiger partial charge is 0.376 e. The van der Waals surface area contributed by atoms with Gasteiger partial charge >= 0.3 is 0 Å². The Hall–Kier alpha value is -2.00. The van der Waals surface area contributed by atoms with E-state index in [4.69, 9.17) is 11.6 Å². The highest BCUT2D eigenvalue weighted by Crippen LogP contribution is 2.13. The molecule has 2 aromatic rings. The molecule has 0 aromatic heterocycles. The maximum atomic E-state index is 11.8. The molecule has 2 aromatic carbocycles. The molecule has 0 heterocycles. The molecule has 1 amide bonds. The van der Waals surface area contributed by atoms with Crippen molar-refractivity contribution >= 4 is 23.2 Å². The molecular weight excluding hydrogens is 296 g/mol. The number of hydrogen-bond donors (Lipinski definition) is 2.